The Morgan fingerprint density at radius 1 is 1.10 bits per heavy atom. The minimum Gasteiger partial charge on any atom is -0.507 e. The van der Waals surface area contributed by atoms with Crippen molar-refractivity contribution in [2.75, 3.05) is 29.5 Å². The van der Waals surface area contributed by atoms with E-state index in [1.807, 2.05) is 0 Å². The zero-order valence-electron chi connectivity index (χ0n) is 21.2. The minimum atomic E-state index is -1.37. The molecule has 2 aromatic carbocycles. The van der Waals surface area contributed by atoms with Crippen LogP contribution in [0.1, 0.15) is 27.9 Å². The molecule has 4 amide bonds. The lowest BCUT2D eigenvalue weighted by molar-refractivity contribution is -0.139. The first-order chi connectivity index (χ1) is 18.5. The number of nitrogens with one attached hydrogen (secondary N) is 2. The van der Waals surface area contributed by atoms with Gasteiger partial charge in [-0.1, -0.05) is 12.1 Å². The van der Waals surface area contributed by atoms with Crippen LogP contribution in [-0.2, 0) is 24.0 Å². The standard InChI is InChI=1S/C26H28N4O9/c1-14-7-16(8-15(2)24(14)37)25(38)28-18-10-29(22(34)13-32)19-5-3-4-6-20(19)30(26(18)39)11-21(33)27-17(12-31)9-23(35)36/h3-8,12,17-18,32,37H,9-11,13H2,1-2H3,(H,27,33)(H,28,38)(H,35,36)/t17-,18-/m0/s1. The smallest absolute Gasteiger partial charge is 0.305 e. The van der Waals surface area contributed by atoms with E-state index in [9.17, 15) is 39.0 Å². The van der Waals surface area contributed by atoms with Crippen molar-refractivity contribution < 1.29 is 44.1 Å². The third-order valence-electron chi connectivity index (χ3n) is 6.09. The lowest BCUT2D eigenvalue weighted by Gasteiger charge is -2.25. The molecule has 0 aromatic heterocycles. The van der Waals surface area contributed by atoms with E-state index in [1.54, 1.807) is 26.0 Å². The number of aryl methyl sites for hydroxylation is 2. The summed E-state index contributed by atoms with van der Waals surface area (Å²) in [6, 6.07) is 6.24. The monoisotopic (exact) mass is 540 g/mol. The Labute approximate surface area is 223 Å². The topological polar surface area (TPSA) is 194 Å². The highest BCUT2D eigenvalue weighted by atomic mass is 16.4. The number of nitrogens with zero attached hydrogens (tertiary/aromatic N) is 2. The Morgan fingerprint density at radius 2 is 1.72 bits per heavy atom. The number of fused-ring (bicyclic) bond motifs is 1. The van der Waals surface area contributed by atoms with Gasteiger partial charge in [-0.2, -0.15) is 0 Å². The van der Waals surface area contributed by atoms with E-state index >= 15 is 0 Å². The predicted octanol–water partition coefficient (Wildman–Crippen LogP) is -0.362. The van der Waals surface area contributed by atoms with E-state index in [4.69, 9.17) is 5.11 Å². The van der Waals surface area contributed by atoms with Gasteiger partial charge in [0.15, 0.2) is 0 Å². The van der Waals surface area contributed by atoms with Gasteiger partial charge < -0.3 is 35.6 Å². The normalized spacial score (nSPS) is 15.6. The zero-order valence-corrected chi connectivity index (χ0v) is 21.2. The molecule has 1 aliphatic rings. The highest BCUT2D eigenvalue weighted by Gasteiger charge is 2.37. The molecular weight excluding hydrogens is 512 g/mol. The Hall–Kier alpha value is -4.78. The van der Waals surface area contributed by atoms with Crippen LogP contribution < -0.4 is 20.4 Å². The van der Waals surface area contributed by atoms with Gasteiger partial charge in [-0.15, -0.1) is 0 Å². The summed E-state index contributed by atoms with van der Waals surface area (Å²) in [5.74, 6) is -4.38. The van der Waals surface area contributed by atoms with Crippen LogP contribution in [0.15, 0.2) is 36.4 Å². The summed E-state index contributed by atoms with van der Waals surface area (Å²) in [5, 5.41) is 33.4. The molecule has 3 rings (SSSR count). The summed E-state index contributed by atoms with van der Waals surface area (Å²) >= 11 is 0. The van der Waals surface area contributed by atoms with Gasteiger partial charge in [-0.25, -0.2) is 0 Å². The molecule has 0 saturated carbocycles. The van der Waals surface area contributed by atoms with Crippen molar-refractivity contribution in [1.29, 1.82) is 0 Å². The van der Waals surface area contributed by atoms with E-state index in [2.05, 4.69) is 10.6 Å². The van der Waals surface area contributed by atoms with Crippen molar-refractivity contribution in [3.63, 3.8) is 0 Å². The number of aliphatic hydroxyl groups is 1. The molecule has 0 saturated heterocycles. The maximum atomic E-state index is 13.7. The number of hydrogen-bond acceptors (Lipinski definition) is 8. The van der Waals surface area contributed by atoms with E-state index in [0.717, 1.165) is 9.80 Å². The van der Waals surface area contributed by atoms with Gasteiger partial charge in [0.05, 0.1) is 30.4 Å². The van der Waals surface area contributed by atoms with Crippen LogP contribution in [0.25, 0.3) is 0 Å². The van der Waals surface area contributed by atoms with Crippen molar-refractivity contribution in [3.05, 3.63) is 53.1 Å². The molecule has 0 fully saturated rings. The Morgan fingerprint density at radius 3 is 2.28 bits per heavy atom. The number of benzene rings is 2. The fourth-order valence-corrected chi connectivity index (χ4v) is 4.22. The first-order valence-electron chi connectivity index (χ1n) is 11.9. The number of carbonyl (C=O) groups excluding carboxylic acids is 5. The van der Waals surface area contributed by atoms with Gasteiger partial charge in [0.2, 0.25) is 5.91 Å². The molecule has 13 heteroatoms. The van der Waals surface area contributed by atoms with Crippen molar-refractivity contribution in [1.82, 2.24) is 10.6 Å². The number of aromatic hydroxyl groups is 1. The molecule has 0 radical (unpaired) electrons. The summed E-state index contributed by atoms with van der Waals surface area (Å²) in [6.07, 6.45) is -0.404. The molecule has 0 bridgehead atoms. The summed E-state index contributed by atoms with van der Waals surface area (Å²) < 4.78 is 0. The average molecular weight is 541 g/mol. The SMILES string of the molecule is Cc1cc(C(=O)N[C@H]2CN(C(=O)CO)c3ccccc3N(CC(=O)N[C@H](C=O)CC(=O)O)C2=O)cc(C)c1O. The van der Waals surface area contributed by atoms with Gasteiger partial charge in [-0.05, 0) is 49.2 Å². The van der Waals surface area contributed by atoms with E-state index in [1.165, 1.54) is 24.3 Å². The highest BCUT2D eigenvalue weighted by molar-refractivity contribution is 6.11. The molecule has 2 atom stereocenters. The number of para-hydroxylation sites is 2. The number of carboxylic acids is 1. The van der Waals surface area contributed by atoms with E-state index in [0.29, 0.717) is 11.1 Å². The number of phenols is 1. The first kappa shape index (κ1) is 28.8. The molecule has 206 valence electrons. The number of amides is 4. The lowest BCUT2D eigenvalue weighted by Crippen LogP contribution is -2.55. The lowest BCUT2D eigenvalue weighted by atomic mass is 10.0. The second-order valence-electron chi connectivity index (χ2n) is 8.97. The zero-order chi connectivity index (χ0) is 28.9. The van der Waals surface area contributed by atoms with Gasteiger partial charge >= 0.3 is 5.97 Å². The number of anilines is 2. The van der Waals surface area contributed by atoms with E-state index in [-0.39, 0.29) is 35.5 Å². The molecular formula is C26H28N4O9. The number of phenolic OH excluding ortho intramolecular Hbond substituents is 1. The summed E-state index contributed by atoms with van der Waals surface area (Å²) in [6.45, 7) is 1.28. The molecule has 0 unspecified atom stereocenters. The van der Waals surface area contributed by atoms with Gasteiger partial charge in [-0.3, -0.25) is 28.9 Å². The summed E-state index contributed by atoms with van der Waals surface area (Å²) in [5.41, 5.74) is 1.31. The number of carboxylic acid groups (broad SMARTS) is 1. The number of rotatable bonds is 9. The third kappa shape index (κ3) is 6.57. The largest absolute Gasteiger partial charge is 0.507 e. The molecule has 1 aliphatic heterocycles. The van der Waals surface area contributed by atoms with Crippen molar-refractivity contribution in [2.24, 2.45) is 0 Å². The summed E-state index contributed by atoms with van der Waals surface area (Å²) in [4.78, 5) is 76.6. The second kappa shape index (κ2) is 12.2. The Balaban J connectivity index is 1.98. The van der Waals surface area contributed by atoms with Crippen LogP contribution in [-0.4, -0.2) is 83.0 Å². The van der Waals surface area contributed by atoms with Gasteiger partial charge in [0, 0.05) is 5.56 Å². The predicted molar refractivity (Wildman–Crippen MR) is 137 cm³/mol. The Kier molecular flexibility index (Phi) is 8.99. The minimum absolute atomic E-state index is 0.0148. The van der Waals surface area contributed by atoms with Crippen LogP contribution in [0, 0.1) is 13.8 Å². The Bertz CT molecular complexity index is 1300. The summed E-state index contributed by atoms with van der Waals surface area (Å²) in [7, 11) is 0. The number of carbonyl (C=O) groups is 6. The van der Waals surface area contributed by atoms with Crippen molar-refractivity contribution >= 4 is 47.3 Å². The fraction of sp³-hybridized carbons (Fsp3) is 0.308. The van der Waals surface area contributed by atoms with Crippen LogP contribution in [0.3, 0.4) is 0 Å². The maximum absolute atomic E-state index is 13.7. The molecule has 5 N–H and O–H groups in total. The third-order valence-corrected chi connectivity index (χ3v) is 6.09. The molecule has 1 heterocycles. The van der Waals surface area contributed by atoms with E-state index < -0.39 is 61.3 Å². The van der Waals surface area contributed by atoms with Crippen LogP contribution >= 0.6 is 0 Å². The molecule has 2 aromatic rings. The average Bonchev–Trinajstić information content (AvgIpc) is 3.01. The molecule has 13 nitrogen and oxygen atoms in total. The molecule has 0 aliphatic carbocycles. The number of aliphatic hydroxyl groups excluding tert-OH is 1. The van der Waals surface area contributed by atoms with Gasteiger partial charge in [0.1, 0.15) is 31.2 Å². The molecule has 0 spiro atoms. The number of aldehydes is 1. The highest BCUT2D eigenvalue weighted by Crippen LogP contribution is 2.33. The number of aliphatic carboxylic acids is 1. The van der Waals surface area contributed by atoms with Gasteiger partial charge in [0.25, 0.3) is 17.7 Å². The second-order valence-corrected chi connectivity index (χ2v) is 8.97. The maximum Gasteiger partial charge on any atom is 0.305 e. The van der Waals surface area contributed by atoms with Crippen LogP contribution in [0.2, 0.25) is 0 Å². The van der Waals surface area contributed by atoms with Crippen LogP contribution in [0.4, 0.5) is 11.4 Å². The quantitative estimate of drug-likeness (QED) is 0.264. The number of hydrogen-bond donors (Lipinski definition) is 5. The van der Waals surface area contributed by atoms with Crippen molar-refractivity contribution in [2.45, 2.75) is 32.4 Å². The molecule has 39 heavy (non-hydrogen) atoms. The van der Waals surface area contributed by atoms with Crippen molar-refractivity contribution in [3.8, 4) is 5.75 Å². The fourth-order valence-electron chi connectivity index (χ4n) is 4.22. The first-order valence-corrected chi connectivity index (χ1v) is 11.9. The van der Waals surface area contributed by atoms with Crippen LogP contribution in [0.5, 0.6) is 5.75 Å².